The number of nitrogens with one attached hydrogen (secondary N) is 2. The third-order valence-corrected chi connectivity index (χ3v) is 3.52. The van der Waals surface area contributed by atoms with Crippen molar-refractivity contribution in [3.63, 3.8) is 0 Å². The lowest BCUT2D eigenvalue weighted by atomic mass is 10.1. The third-order valence-electron chi connectivity index (χ3n) is 3.28. The number of ether oxygens (including phenoxy) is 1. The quantitative estimate of drug-likeness (QED) is 0.905. The molecule has 2 amide bonds. The summed E-state index contributed by atoms with van der Waals surface area (Å²) in [4.78, 5) is 24.0. The van der Waals surface area contributed by atoms with Gasteiger partial charge in [-0.05, 0) is 30.3 Å². The second-order valence-electron chi connectivity index (χ2n) is 4.97. The molecule has 0 spiro atoms. The van der Waals surface area contributed by atoms with Gasteiger partial charge in [0, 0.05) is 5.02 Å². The van der Waals surface area contributed by atoms with Crippen LogP contribution < -0.4 is 15.4 Å². The zero-order valence-corrected chi connectivity index (χ0v) is 12.6. The van der Waals surface area contributed by atoms with E-state index in [1.807, 2.05) is 0 Å². The fourth-order valence-electron chi connectivity index (χ4n) is 2.19. The van der Waals surface area contributed by atoms with Crippen molar-refractivity contribution in [1.82, 2.24) is 0 Å². The number of carbonyl (C=O) groups excluding carboxylic acids is 2. The number of carbonyl (C=O) groups is 2. The Morgan fingerprint density at radius 1 is 1.30 bits per heavy atom. The maximum Gasteiger partial charge on any atom is 0.266 e. The van der Waals surface area contributed by atoms with Crippen LogP contribution in [0.4, 0.5) is 15.8 Å². The van der Waals surface area contributed by atoms with Crippen LogP contribution in [0.25, 0.3) is 0 Å². The number of hydrogen-bond acceptors (Lipinski definition) is 3. The monoisotopic (exact) mass is 334 g/mol. The summed E-state index contributed by atoms with van der Waals surface area (Å²) in [7, 11) is 0. The first kappa shape index (κ1) is 15.3. The first-order valence-electron chi connectivity index (χ1n) is 6.84. The molecule has 7 heteroatoms. The Balaban J connectivity index is 1.67. The summed E-state index contributed by atoms with van der Waals surface area (Å²) in [6, 6.07) is 10.8. The largest absolute Gasteiger partial charge is 0.478 e. The Hall–Kier alpha value is -2.60. The van der Waals surface area contributed by atoms with Crippen molar-refractivity contribution in [2.24, 2.45) is 0 Å². The number of fused-ring (bicyclic) bond motifs is 1. The number of rotatable bonds is 3. The number of anilines is 2. The van der Waals surface area contributed by atoms with Gasteiger partial charge in [0.05, 0.1) is 17.8 Å². The van der Waals surface area contributed by atoms with E-state index in [0.717, 1.165) is 6.07 Å². The predicted molar refractivity (Wildman–Crippen MR) is 84.1 cm³/mol. The van der Waals surface area contributed by atoms with Gasteiger partial charge in [-0.1, -0.05) is 23.7 Å². The van der Waals surface area contributed by atoms with Crippen LogP contribution in [0.3, 0.4) is 0 Å². The molecule has 0 fully saturated rings. The molecule has 0 unspecified atom stereocenters. The smallest absolute Gasteiger partial charge is 0.266 e. The molecule has 0 saturated carbocycles. The van der Waals surface area contributed by atoms with Crippen molar-refractivity contribution in [3.8, 4) is 5.75 Å². The van der Waals surface area contributed by atoms with Gasteiger partial charge in [-0.2, -0.15) is 0 Å². The number of para-hydroxylation sites is 2. The van der Waals surface area contributed by atoms with Gasteiger partial charge >= 0.3 is 0 Å². The van der Waals surface area contributed by atoms with Crippen LogP contribution >= 0.6 is 11.6 Å². The number of benzene rings is 2. The van der Waals surface area contributed by atoms with Crippen molar-refractivity contribution in [3.05, 3.63) is 53.3 Å². The van der Waals surface area contributed by atoms with Crippen LogP contribution in [-0.2, 0) is 9.59 Å². The maximum absolute atomic E-state index is 13.7. The molecule has 0 saturated heterocycles. The minimum absolute atomic E-state index is 0.00369. The molecule has 118 valence electrons. The van der Waals surface area contributed by atoms with Gasteiger partial charge in [0.15, 0.2) is 6.10 Å². The summed E-state index contributed by atoms with van der Waals surface area (Å²) in [6.45, 7) is 0. The SMILES string of the molecule is O=C(C[C@@H]1Oc2ccccc2NC1=O)Nc1ccc(Cl)cc1F. The average Bonchev–Trinajstić information content (AvgIpc) is 2.51. The lowest BCUT2D eigenvalue weighted by Gasteiger charge is -2.25. The van der Waals surface area contributed by atoms with Gasteiger partial charge < -0.3 is 15.4 Å². The van der Waals surface area contributed by atoms with Crippen LogP contribution in [0.5, 0.6) is 5.75 Å². The number of hydrogen-bond donors (Lipinski definition) is 2. The van der Waals surface area contributed by atoms with E-state index in [4.69, 9.17) is 16.3 Å². The second kappa shape index (κ2) is 6.26. The van der Waals surface area contributed by atoms with E-state index in [-0.39, 0.29) is 17.1 Å². The summed E-state index contributed by atoms with van der Waals surface area (Å²) in [5.41, 5.74) is 0.550. The van der Waals surface area contributed by atoms with Crippen LogP contribution in [0.15, 0.2) is 42.5 Å². The van der Waals surface area contributed by atoms with Crippen molar-refractivity contribution in [2.45, 2.75) is 12.5 Å². The highest BCUT2D eigenvalue weighted by Gasteiger charge is 2.29. The summed E-state index contributed by atoms with van der Waals surface area (Å²) >= 11 is 5.65. The molecule has 1 atom stereocenters. The lowest BCUT2D eigenvalue weighted by molar-refractivity contribution is -0.128. The maximum atomic E-state index is 13.7. The van der Waals surface area contributed by atoms with Crippen LogP contribution in [-0.4, -0.2) is 17.9 Å². The van der Waals surface area contributed by atoms with Crippen LogP contribution in [0.1, 0.15) is 6.42 Å². The normalized spacial score (nSPS) is 16.1. The Labute approximate surface area is 136 Å². The minimum atomic E-state index is -0.972. The zero-order valence-electron chi connectivity index (χ0n) is 11.8. The van der Waals surface area contributed by atoms with Gasteiger partial charge in [-0.3, -0.25) is 9.59 Å². The number of amides is 2. The third kappa shape index (κ3) is 3.43. The van der Waals surface area contributed by atoms with Gasteiger partial charge in [-0.25, -0.2) is 4.39 Å². The molecular formula is C16H12ClFN2O3. The zero-order chi connectivity index (χ0) is 16.4. The fraction of sp³-hybridized carbons (Fsp3) is 0.125. The molecule has 0 bridgehead atoms. The molecule has 1 heterocycles. The van der Waals surface area contributed by atoms with Crippen molar-refractivity contribution in [1.29, 1.82) is 0 Å². The van der Waals surface area contributed by atoms with E-state index in [2.05, 4.69) is 10.6 Å². The predicted octanol–water partition coefficient (Wildman–Crippen LogP) is 3.21. The molecule has 0 aromatic heterocycles. The van der Waals surface area contributed by atoms with E-state index in [0.29, 0.717) is 11.4 Å². The van der Waals surface area contributed by atoms with E-state index < -0.39 is 23.7 Å². The highest BCUT2D eigenvalue weighted by Crippen LogP contribution is 2.29. The molecule has 5 nitrogen and oxygen atoms in total. The molecule has 3 rings (SSSR count). The van der Waals surface area contributed by atoms with E-state index in [1.54, 1.807) is 24.3 Å². The molecule has 0 radical (unpaired) electrons. The molecule has 1 aliphatic heterocycles. The lowest BCUT2D eigenvalue weighted by Crippen LogP contribution is -2.39. The summed E-state index contributed by atoms with van der Waals surface area (Å²) in [5.74, 6) is -1.12. The molecule has 1 aliphatic rings. The molecule has 2 N–H and O–H groups in total. The highest BCUT2D eigenvalue weighted by molar-refractivity contribution is 6.30. The van der Waals surface area contributed by atoms with Gasteiger partial charge in [0.25, 0.3) is 5.91 Å². The molecule has 0 aliphatic carbocycles. The Kier molecular flexibility index (Phi) is 4.16. The fourth-order valence-corrected chi connectivity index (χ4v) is 2.35. The van der Waals surface area contributed by atoms with Gasteiger partial charge in [-0.15, -0.1) is 0 Å². The first-order chi connectivity index (χ1) is 11.0. The van der Waals surface area contributed by atoms with Gasteiger partial charge in [0.1, 0.15) is 11.6 Å². The first-order valence-corrected chi connectivity index (χ1v) is 7.22. The highest BCUT2D eigenvalue weighted by atomic mass is 35.5. The van der Waals surface area contributed by atoms with E-state index >= 15 is 0 Å². The van der Waals surface area contributed by atoms with Crippen molar-refractivity contribution < 1.29 is 18.7 Å². The molecule has 2 aromatic rings. The summed E-state index contributed by atoms with van der Waals surface area (Å²) in [6.07, 6.45) is -1.21. The average molecular weight is 335 g/mol. The Bertz CT molecular complexity index is 782. The summed E-state index contributed by atoms with van der Waals surface area (Å²) in [5, 5.41) is 5.29. The second-order valence-corrected chi connectivity index (χ2v) is 5.40. The van der Waals surface area contributed by atoms with Crippen LogP contribution in [0.2, 0.25) is 5.02 Å². The van der Waals surface area contributed by atoms with Crippen molar-refractivity contribution >= 4 is 34.8 Å². The van der Waals surface area contributed by atoms with E-state index in [1.165, 1.54) is 12.1 Å². The van der Waals surface area contributed by atoms with E-state index in [9.17, 15) is 14.0 Å². The number of halogens is 2. The topological polar surface area (TPSA) is 67.4 Å². The Morgan fingerprint density at radius 2 is 2.09 bits per heavy atom. The van der Waals surface area contributed by atoms with Gasteiger partial charge in [0.2, 0.25) is 5.91 Å². The summed E-state index contributed by atoms with van der Waals surface area (Å²) < 4.78 is 19.2. The minimum Gasteiger partial charge on any atom is -0.478 e. The Morgan fingerprint density at radius 3 is 2.87 bits per heavy atom. The van der Waals surface area contributed by atoms with Crippen LogP contribution in [0, 0.1) is 5.82 Å². The standard InChI is InChI=1S/C16H12ClFN2O3/c17-9-5-6-11(10(18)7-9)19-15(21)8-14-16(22)20-12-3-1-2-4-13(12)23-14/h1-7,14H,8H2,(H,19,21)(H,20,22)/t14-/m0/s1. The molecular weight excluding hydrogens is 323 g/mol. The molecule has 23 heavy (non-hydrogen) atoms. The van der Waals surface area contributed by atoms with Crippen molar-refractivity contribution in [2.75, 3.05) is 10.6 Å². The molecule has 2 aromatic carbocycles.